The Morgan fingerprint density at radius 1 is 0.815 bits per heavy atom. The van der Waals surface area contributed by atoms with Crippen LogP contribution in [0.1, 0.15) is 16.7 Å². The summed E-state index contributed by atoms with van der Waals surface area (Å²) in [6.45, 7) is 6.70. The molecule has 0 saturated heterocycles. The molecule has 4 aromatic rings. The molecule has 2 aromatic carbocycles. The first kappa shape index (κ1) is 17.5. The van der Waals surface area contributed by atoms with Crippen molar-refractivity contribution in [3.8, 4) is 22.6 Å². The van der Waals surface area contributed by atoms with Crippen LogP contribution in [-0.2, 0) is 21.1 Å². The van der Waals surface area contributed by atoms with Gasteiger partial charge in [0.2, 0.25) is 5.69 Å². The van der Waals surface area contributed by atoms with E-state index in [9.17, 15) is 0 Å². The Morgan fingerprint density at radius 3 is 2.19 bits per heavy atom. The van der Waals surface area contributed by atoms with Gasteiger partial charge in [-0.25, -0.2) is 13.7 Å². The van der Waals surface area contributed by atoms with E-state index in [0.717, 1.165) is 0 Å². The molecule has 0 aliphatic heterocycles. The second-order valence-corrected chi connectivity index (χ2v) is 7.51. The largest absolute Gasteiger partial charge is 0.289 e. The number of hydrogen-bond donors (Lipinski definition) is 0. The first-order chi connectivity index (χ1) is 12.9. The molecule has 0 N–H and O–H groups in total. The van der Waals surface area contributed by atoms with Gasteiger partial charge in [0, 0.05) is 12.1 Å². The van der Waals surface area contributed by atoms with Gasteiger partial charge in [-0.2, -0.15) is 0 Å². The molecule has 0 aliphatic carbocycles. The molecule has 2 aromatic heterocycles. The highest BCUT2D eigenvalue weighted by Crippen LogP contribution is 2.35. The lowest BCUT2D eigenvalue weighted by molar-refractivity contribution is -0.660. The molecule has 27 heavy (non-hydrogen) atoms. The fraction of sp³-hybridized carbons (Fsp3) is 0.250. The van der Waals surface area contributed by atoms with Crippen LogP contribution < -0.4 is 9.13 Å². The van der Waals surface area contributed by atoms with Gasteiger partial charge >= 0.3 is 0 Å². The fourth-order valence-electron chi connectivity index (χ4n) is 4.53. The van der Waals surface area contributed by atoms with Crippen molar-refractivity contribution in [2.45, 2.75) is 20.8 Å². The first-order valence-electron chi connectivity index (χ1n) is 9.41. The van der Waals surface area contributed by atoms with Crippen LogP contribution in [0.3, 0.4) is 0 Å². The van der Waals surface area contributed by atoms with E-state index in [0.29, 0.717) is 0 Å². The maximum Gasteiger partial charge on any atom is 0.289 e. The van der Waals surface area contributed by atoms with Crippen LogP contribution in [0.2, 0.25) is 0 Å². The summed E-state index contributed by atoms with van der Waals surface area (Å²) in [6.07, 6.45) is 2.12. The van der Waals surface area contributed by atoms with Crippen LogP contribution >= 0.6 is 0 Å². The van der Waals surface area contributed by atoms with Crippen molar-refractivity contribution in [2.75, 3.05) is 0 Å². The summed E-state index contributed by atoms with van der Waals surface area (Å²) in [7, 11) is 6.45. The van der Waals surface area contributed by atoms with Crippen molar-refractivity contribution in [3.05, 3.63) is 71.4 Å². The van der Waals surface area contributed by atoms with Crippen molar-refractivity contribution in [3.63, 3.8) is 0 Å². The van der Waals surface area contributed by atoms with E-state index in [4.69, 9.17) is 0 Å². The Balaban J connectivity index is 2.10. The van der Waals surface area contributed by atoms with Gasteiger partial charge in [-0.3, -0.25) is 0 Å². The molecule has 0 amide bonds. The summed E-state index contributed by atoms with van der Waals surface area (Å²) in [5.74, 6) is 1.24. The highest BCUT2D eigenvalue weighted by molar-refractivity contribution is 5.81. The highest BCUT2D eigenvalue weighted by atomic mass is 15.1. The zero-order valence-electron chi connectivity index (χ0n) is 17.0. The third kappa shape index (κ3) is 2.57. The van der Waals surface area contributed by atoms with Crippen molar-refractivity contribution in [1.29, 1.82) is 0 Å². The van der Waals surface area contributed by atoms with Crippen LogP contribution in [-0.4, -0.2) is 4.57 Å². The standard InChI is InChI=1S/C24H27N3/c1-16-15-17(2)23(18(3)22(16)21-13-9-10-14-25(21)4)24-26(5)19-11-7-8-12-20(19)27(24)6/h7-15H,1-6H3/q+2. The molecule has 0 bridgehead atoms. The number of nitrogens with zero attached hydrogens (tertiary/aromatic N) is 3. The summed E-state index contributed by atoms with van der Waals surface area (Å²) < 4.78 is 6.83. The average molecular weight is 358 g/mol. The maximum absolute atomic E-state index is 2.32. The Labute approximate surface area is 161 Å². The molecule has 4 rings (SSSR count). The fourth-order valence-corrected chi connectivity index (χ4v) is 4.53. The van der Waals surface area contributed by atoms with Crippen molar-refractivity contribution < 1.29 is 9.13 Å². The topological polar surface area (TPSA) is 12.7 Å². The number of hydrogen-bond acceptors (Lipinski definition) is 0. The zero-order chi connectivity index (χ0) is 19.3. The van der Waals surface area contributed by atoms with Crippen molar-refractivity contribution in [1.82, 2.24) is 4.57 Å². The average Bonchev–Trinajstić information content (AvgIpc) is 2.89. The van der Waals surface area contributed by atoms with Gasteiger partial charge in [0.05, 0.1) is 25.2 Å². The number of pyridine rings is 1. The Kier molecular flexibility index (Phi) is 4.11. The molecule has 0 aliphatic rings. The lowest BCUT2D eigenvalue weighted by atomic mass is 9.90. The number of imidazole rings is 1. The monoisotopic (exact) mass is 357 g/mol. The lowest BCUT2D eigenvalue weighted by Gasteiger charge is -2.15. The quantitative estimate of drug-likeness (QED) is 0.479. The zero-order valence-corrected chi connectivity index (χ0v) is 17.0. The molecule has 0 radical (unpaired) electrons. The SMILES string of the molecule is Cc1cc(C)c(-c2n(C)c3ccccc3[n+]2C)c(C)c1-c1cccc[n+]1C. The Hall–Kier alpha value is -2.94. The molecule has 136 valence electrons. The van der Waals surface area contributed by atoms with Gasteiger partial charge in [-0.15, -0.1) is 0 Å². The Bertz CT molecular complexity index is 1140. The molecule has 2 heterocycles. The number of para-hydroxylation sites is 2. The predicted molar refractivity (Wildman–Crippen MR) is 110 cm³/mol. The second kappa shape index (κ2) is 6.34. The number of benzene rings is 2. The molecular formula is C24H27N3+2. The van der Waals surface area contributed by atoms with E-state index in [1.807, 2.05) is 0 Å². The lowest BCUT2D eigenvalue weighted by Crippen LogP contribution is -2.32. The van der Waals surface area contributed by atoms with Crippen LogP contribution in [0.25, 0.3) is 33.7 Å². The minimum Gasteiger partial charge on any atom is -0.226 e. The maximum atomic E-state index is 2.32. The van der Waals surface area contributed by atoms with Crippen LogP contribution in [0, 0.1) is 20.8 Å². The second-order valence-electron chi connectivity index (χ2n) is 7.51. The molecule has 3 nitrogen and oxygen atoms in total. The van der Waals surface area contributed by atoms with E-state index < -0.39 is 0 Å². The van der Waals surface area contributed by atoms with E-state index in [1.165, 1.54) is 50.4 Å². The molecule has 0 unspecified atom stereocenters. The number of fused-ring (bicyclic) bond motifs is 1. The van der Waals surface area contributed by atoms with Gasteiger partial charge in [0.25, 0.3) is 5.82 Å². The minimum absolute atomic E-state index is 1.24. The van der Waals surface area contributed by atoms with E-state index in [-0.39, 0.29) is 0 Å². The number of aromatic nitrogens is 3. The normalized spacial score (nSPS) is 11.3. The number of rotatable bonds is 2. The van der Waals surface area contributed by atoms with Gasteiger partial charge < -0.3 is 0 Å². The smallest absolute Gasteiger partial charge is 0.226 e. The Morgan fingerprint density at radius 2 is 1.48 bits per heavy atom. The molecule has 0 fully saturated rings. The third-order valence-electron chi connectivity index (χ3n) is 5.75. The summed E-state index contributed by atoms with van der Waals surface area (Å²) in [5, 5.41) is 0. The van der Waals surface area contributed by atoms with Gasteiger partial charge in [0.1, 0.15) is 7.05 Å². The molecular weight excluding hydrogens is 330 g/mol. The van der Waals surface area contributed by atoms with Gasteiger partial charge in [-0.1, -0.05) is 18.2 Å². The molecule has 0 saturated carbocycles. The van der Waals surface area contributed by atoms with E-state index in [1.54, 1.807) is 0 Å². The van der Waals surface area contributed by atoms with Crippen LogP contribution in [0.4, 0.5) is 0 Å². The molecule has 3 heteroatoms. The summed E-state index contributed by atoms with van der Waals surface area (Å²) in [5.41, 5.74) is 10.4. The minimum atomic E-state index is 1.24. The number of aryl methyl sites for hydroxylation is 5. The predicted octanol–water partition coefficient (Wildman–Crippen LogP) is 4.09. The van der Waals surface area contributed by atoms with Crippen LogP contribution in [0.5, 0.6) is 0 Å². The van der Waals surface area contributed by atoms with Gasteiger partial charge in [-0.05, 0) is 55.7 Å². The molecule has 0 atom stereocenters. The van der Waals surface area contributed by atoms with Crippen molar-refractivity contribution in [2.24, 2.45) is 21.1 Å². The van der Waals surface area contributed by atoms with E-state index >= 15 is 0 Å². The summed E-state index contributed by atoms with van der Waals surface area (Å²) >= 11 is 0. The highest BCUT2D eigenvalue weighted by Gasteiger charge is 2.28. The summed E-state index contributed by atoms with van der Waals surface area (Å²) in [4.78, 5) is 0. The van der Waals surface area contributed by atoms with Crippen molar-refractivity contribution >= 4 is 11.0 Å². The molecule has 0 spiro atoms. The van der Waals surface area contributed by atoms with E-state index in [2.05, 4.69) is 110 Å². The summed E-state index contributed by atoms with van der Waals surface area (Å²) in [6, 6.07) is 17.3. The first-order valence-corrected chi connectivity index (χ1v) is 9.41. The van der Waals surface area contributed by atoms with Crippen LogP contribution in [0.15, 0.2) is 54.7 Å². The van der Waals surface area contributed by atoms with Gasteiger partial charge in [0.15, 0.2) is 17.2 Å². The third-order valence-corrected chi connectivity index (χ3v) is 5.75.